The molecule has 55 heavy (non-hydrogen) atoms. The van der Waals surface area contributed by atoms with E-state index in [0.29, 0.717) is 45.6 Å². The molecule has 0 saturated heterocycles. The van der Waals surface area contributed by atoms with E-state index in [-0.39, 0.29) is 34.8 Å². The lowest BCUT2D eigenvalue weighted by Crippen LogP contribution is -2.23. The SMILES string of the molecule is COc1ccc2cc(N(C=O)c3cc4c(cc3S(=O)(=O)O)-c3cc(S(=O)(=O)O)c(N(C=O)c5cc6ccc(OC)cc6oc5=O)cc3S4(=O)=O)c(=O)oc2c1. The van der Waals surface area contributed by atoms with Gasteiger partial charge in [-0.1, -0.05) is 0 Å². The van der Waals surface area contributed by atoms with E-state index < -0.39 is 94.8 Å². The highest BCUT2D eigenvalue weighted by Crippen LogP contribution is 2.50. The fraction of sp³-hybridized carbons (Fsp3) is 0.0588. The summed E-state index contributed by atoms with van der Waals surface area (Å²) >= 11 is 0. The van der Waals surface area contributed by atoms with Crippen molar-refractivity contribution in [3.05, 3.63) is 93.6 Å². The normalized spacial score (nSPS) is 13.2. The van der Waals surface area contributed by atoms with Gasteiger partial charge >= 0.3 is 11.3 Å². The number of fused-ring (bicyclic) bond motifs is 5. The topological polar surface area (TPSA) is 262 Å². The highest BCUT2D eigenvalue weighted by Gasteiger charge is 2.40. The molecule has 21 heteroatoms. The van der Waals surface area contributed by atoms with E-state index in [0.717, 1.165) is 12.1 Å². The second-order valence-electron chi connectivity index (χ2n) is 11.7. The van der Waals surface area contributed by atoms with Crippen molar-refractivity contribution in [3.63, 3.8) is 0 Å². The number of amides is 2. The molecule has 1 aliphatic rings. The number of hydrogen-bond donors (Lipinski definition) is 2. The Morgan fingerprint density at radius 1 is 0.600 bits per heavy atom. The number of methoxy groups -OCH3 is 2. The summed E-state index contributed by atoms with van der Waals surface area (Å²) in [5.41, 5.74) is -6.26. The molecule has 0 bridgehead atoms. The van der Waals surface area contributed by atoms with E-state index >= 15 is 0 Å². The first-order valence-electron chi connectivity index (χ1n) is 15.2. The molecule has 1 aliphatic heterocycles. The summed E-state index contributed by atoms with van der Waals surface area (Å²) in [6, 6.07) is 13.4. The Morgan fingerprint density at radius 2 is 0.982 bits per heavy atom. The average molecular weight is 811 g/mol. The van der Waals surface area contributed by atoms with Crippen LogP contribution >= 0.6 is 0 Å². The van der Waals surface area contributed by atoms with E-state index in [9.17, 15) is 53.5 Å². The third-order valence-electron chi connectivity index (χ3n) is 8.65. The second-order valence-corrected chi connectivity index (χ2v) is 16.3. The Bertz CT molecular complexity index is 2930. The minimum atomic E-state index is -5.37. The van der Waals surface area contributed by atoms with Crippen LogP contribution in [0.5, 0.6) is 11.5 Å². The molecule has 0 aliphatic carbocycles. The predicted molar refractivity (Wildman–Crippen MR) is 191 cm³/mol. The molecular formula is C34H22N2O16S3. The van der Waals surface area contributed by atoms with Crippen molar-refractivity contribution in [1.82, 2.24) is 0 Å². The third kappa shape index (κ3) is 6.08. The number of anilines is 4. The molecule has 0 spiro atoms. The van der Waals surface area contributed by atoms with Gasteiger partial charge in [0.25, 0.3) is 20.2 Å². The molecule has 7 rings (SSSR count). The Balaban J connectivity index is 1.45. The minimum Gasteiger partial charge on any atom is -0.497 e. The van der Waals surface area contributed by atoms with Gasteiger partial charge in [-0.3, -0.25) is 28.5 Å². The van der Waals surface area contributed by atoms with Crippen molar-refractivity contribution in [2.75, 3.05) is 24.0 Å². The van der Waals surface area contributed by atoms with Crippen LogP contribution in [-0.4, -0.2) is 61.4 Å². The van der Waals surface area contributed by atoms with Gasteiger partial charge in [-0.25, -0.2) is 18.0 Å². The van der Waals surface area contributed by atoms with Crippen LogP contribution in [0.2, 0.25) is 0 Å². The lowest BCUT2D eigenvalue weighted by molar-refractivity contribution is -0.107. The zero-order valence-corrected chi connectivity index (χ0v) is 30.3. The zero-order valence-electron chi connectivity index (χ0n) is 27.8. The molecule has 4 aromatic carbocycles. The maximum Gasteiger partial charge on any atom is 0.360 e. The maximum absolute atomic E-state index is 14.2. The van der Waals surface area contributed by atoms with Crippen LogP contribution in [0.15, 0.2) is 111 Å². The molecule has 282 valence electrons. The van der Waals surface area contributed by atoms with Gasteiger partial charge < -0.3 is 18.3 Å². The molecule has 0 unspecified atom stereocenters. The number of rotatable bonds is 10. The van der Waals surface area contributed by atoms with Gasteiger partial charge in [0.2, 0.25) is 22.7 Å². The average Bonchev–Trinajstić information content (AvgIpc) is 3.35. The van der Waals surface area contributed by atoms with Crippen LogP contribution in [0.3, 0.4) is 0 Å². The van der Waals surface area contributed by atoms with Gasteiger partial charge in [-0.05, 0) is 60.7 Å². The van der Waals surface area contributed by atoms with Crippen LogP contribution in [0.1, 0.15) is 0 Å². The fourth-order valence-electron chi connectivity index (χ4n) is 6.11. The van der Waals surface area contributed by atoms with Crippen molar-refractivity contribution in [2.45, 2.75) is 19.6 Å². The van der Waals surface area contributed by atoms with E-state index in [1.165, 1.54) is 50.6 Å². The number of carbonyl (C=O) groups is 2. The van der Waals surface area contributed by atoms with Crippen LogP contribution in [-0.2, 0) is 39.7 Å². The molecule has 3 heterocycles. The monoisotopic (exact) mass is 810 g/mol. The smallest absolute Gasteiger partial charge is 0.360 e. The van der Waals surface area contributed by atoms with Crippen LogP contribution in [0, 0.1) is 0 Å². The maximum atomic E-state index is 14.2. The summed E-state index contributed by atoms with van der Waals surface area (Å²) in [7, 11) is -12.9. The Kier molecular flexibility index (Phi) is 8.65. The number of ether oxygens (including phenoxy) is 2. The Morgan fingerprint density at radius 3 is 1.31 bits per heavy atom. The van der Waals surface area contributed by atoms with Gasteiger partial charge in [-0.15, -0.1) is 0 Å². The largest absolute Gasteiger partial charge is 0.497 e. The Hall–Kier alpha value is -6.39. The lowest BCUT2D eigenvalue weighted by Gasteiger charge is -2.20. The molecule has 18 nitrogen and oxygen atoms in total. The second kappa shape index (κ2) is 12.9. The number of nitrogens with zero attached hydrogens (tertiary/aromatic N) is 2. The first kappa shape index (κ1) is 36.9. The van der Waals surface area contributed by atoms with Crippen molar-refractivity contribution in [3.8, 4) is 22.6 Å². The summed E-state index contributed by atoms with van der Waals surface area (Å²) in [5, 5.41) is 0.448. The third-order valence-corrected chi connectivity index (χ3v) is 12.2. The van der Waals surface area contributed by atoms with E-state index in [1.54, 1.807) is 0 Å². The quantitative estimate of drug-likeness (QED) is 0.113. The van der Waals surface area contributed by atoms with E-state index in [1.807, 2.05) is 0 Å². The van der Waals surface area contributed by atoms with Crippen LogP contribution in [0.25, 0.3) is 33.1 Å². The fourth-order valence-corrected chi connectivity index (χ4v) is 9.17. The molecule has 0 saturated carbocycles. The van der Waals surface area contributed by atoms with Crippen molar-refractivity contribution in [1.29, 1.82) is 0 Å². The zero-order chi connectivity index (χ0) is 39.8. The van der Waals surface area contributed by atoms with Gasteiger partial charge in [0.05, 0.1) is 35.4 Å². The van der Waals surface area contributed by atoms with Crippen molar-refractivity contribution in [2.24, 2.45) is 0 Å². The van der Waals surface area contributed by atoms with Crippen molar-refractivity contribution >= 4 is 87.6 Å². The predicted octanol–water partition coefficient (Wildman–Crippen LogP) is 3.81. The van der Waals surface area contributed by atoms with Crippen LogP contribution < -0.4 is 30.5 Å². The summed E-state index contributed by atoms with van der Waals surface area (Å²) in [6.45, 7) is 0. The highest BCUT2D eigenvalue weighted by atomic mass is 32.2. The number of sulfone groups is 1. The van der Waals surface area contributed by atoms with E-state index in [4.69, 9.17) is 18.3 Å². The highest BCUT2D eigenvalue weighted by molar-refractivity contribution is 7.92. The van der Waals surface area contributed by atoms with Gasteiger partial charge in [0.15, 0.2) is 0 Å². The summed E-state index contributed by atoms with van der Waals surface area (Å²) in [5.74, 6) is 0.622. The molecule has 0 atom stereocenters. The van der Waals surface area contributed by atoms with E-state index in [2.05, 4.69) is 0 Å². The van der Waals surface area contributed by atoms with Gasteiger partial charge in [0.1, 0.15) is 43.8 Å². The van der Waals surface area contributed by atoms with Crippen LogP contribution in [0.4, 0.5) is 22.7 Å². The lowest BCUT2D eigenvalue weighted by atomic mass is 10.0. The number of benzene rings is 4. The summed E-state index contributed by atoms with van der Waals surface area (Å²) in [4.78, 5) is 48.5. The summed E-state index contributed by atoms with van der Waals surface area (Å²) in [6.07, 6.45) is -0.0666. The molecule has 0 radical (unpaired) electrons. The summed E-state index contributed by atoms with van der Waals surface area (Å²) < 4.78 is 121. The molecular weight excluding hydrogens is 789 g/mol. The van der Waals surface area contributed by atoms with Crippen molar-refractivity contribution < 1.29 is 62.3 Å². The number of hydrogen-bond acceptors (Lipinski definition) is 14. The molecule has 2 aromatic heterocycles. The molecule has 2 N–H and O–H groups in total. The first-order chi connectivity index (χ1) is 25.9. The van der Waals surface area contributed by atoms with Gasteiger partial charge in [0, 0.05) is 34.0 Å². The number of carbonyl (C=O) groups excluding carboxylic acids is 2. The molecule has 6 aromatic rings. The van der Waals surface area contributed by atoms with Gasteiger partial charge in [-0.2, -0.15) is 16.8 Å². The molecule has 0 fully saturated rings. The Labute approximate surface area is 308 Å². The molecule has 2 amide bonds. The first-order valence-corrected chi connectivity index (χ1v) is 19.6. The minimum absolute atomic E-state index is 0.0115. The standard InChI is InChI=1S/C34H22N2O16S3/c1-49-19-5-3-17-7-25(33(39)51-27(17)9-19)35(15-37)23-13-29-21(11-31(23)54(43,44)45)22-12-32(55(46,47)48)24(14-30(22)53(29,41)42)36(16-38)26-8-18-4-6-20(50-2)10-28(18)52-34(26)40/h3-16H,1-2H3,(H,43,44,45)(H,46,47,48).